The number of carbonyl (C=O) groups is 1. The molecule has 120 valence electrons. The first-order valence-electron chi connectivity index (χ1n) is 6.62. The molecule has 0 fully saturated rings. The summed E-state index contributed by atoms with van der Waals surface area (Å²) in [5, 5.41) is 7.38. The van der Waals surface area contributed by atoms with Crippen LogP contribution in [0.25, 0.3) is 0 Å². The maximum Gasteiger partial charge on any atom is 0.337 e. The van der Waals surface area contributed by atoms with Gasteiger partial charge in [-0.25, -0.2) is 4.79 Å². The first-order valence-corrected chi connectivity index (χ1v) is 7.79. The molecule has 0 atom stereocenters. The summed E-state index contributed by atoms with van der Waals surface area (Å²) in [5.41, 5.74) is 2.71. The summed E-state index contributed by atoms with van der Waals surface area (Å²) in [4.78, 5) is 11.6. The number of ether oxygens (including phenoxy) is 1. The number of hydrogen-bond donors (Lipinski definition) is 2. The van der Waals surface area contributed by atoms with Crippen LogP contribution in [0.2, 0.25) is 10.0 Å². The van der Waals surface area contributed by atoms with Gasteiger partial charge in [-0.15, -0.1) is 0 Å². The molecule has 0 unspecified atom stereocenters. The summed E-state index contributed by atoms with van der Waals surface area (Å²) >= 11 is 17.2. The molecule has 2 aromatic carbocycles. The van der Waals surface area contributed by atoms with Crippen LogP contribution in [0, 0.1) is 6.92 Å². The van der Waals surface area contributed by atoms with E-state index in [2.05, 4.69) is 10.6 Å². The van der Waals surface area contributed by atoms with Gasteiger partial charge in [0.05, 0.1) is 23.4 Å². The SMILES string of the molecule is COC(=O)c1ccc(C)c(NC(=S)Nc2ccc(Cl)cc2Cl)c1. The molecule has 0 aliphatic rings. The predicted molar refractivity (Wildman–Crippen MR) is 98.8 cm³/mol. The first kappa shape index (κ1) is 17.5. The molecule has 0 aliphatic carbocycles. The lowest BCUT2D eigenvalue weighted by Gasteiger charge is -2.14. The first-order chi connectivity index (χ1) is 10.9. The van der Waals surface area contributed by atoms with Gasteiger partial charge in [0.25, 0.3) is 0 Å². The molecule has 2 aromatic rings. The van der Waals surface area contributed by atoms with Gasteiger partial charge in [-0.05, 0) is 55.0 Å². The molecule has 0 spiro atoms. The highest BCUT2D eigenvalue weighted by Gasteiger charge is 2.10. The zero-order valence-corrected chi connectivity index (χ0v) is 14.8. The maximum absolute atomic E-state index is 11.6. The van der Waals surface area contributed by atoms with Crippen molar-refractivity contribution in [1.82, 2.24) is 0 Å². The smallest absolute Gasteiger partial charge is 0.337 e. The fourth-order valence-electron chi connectivity index (χ4n) is 1.87. The number of methoxy groups -OCH3 is 1. The van der Waals surface area contributed by atoms with Crippen molar-refractivity contribution in [2.45, 2.75) is 6.92 Å². The number of esters is 1. The summed E-state index contributed by atoms with van der Waals surface area (Å²) in [6.45, 7) is 1.90. The molecule has 2 rings (SSSR count). The minimum atomic E-state index is -0.410. The normalized spacial score (nSPS) is 10.1. The minimum Gasteiger partial charge on any atom is -0.465 e. The Labute approximate surface area is 149 Å². The van der Waals surface area contributed by atoms with E-state index in [9.17, 15) is 4.79 Å². The lowest BCUT2D eigenvalue weighted by Crippen LogP contribution is -2.20. The van der Waals surface area contributed by atoms with Gasteiger partial charge in [0.1, 0.15) is 0 Å². The molecule has 7 heteroatoms. The van der Waals surface area contributed by atoms with Crippen LogP contribution in [0.5, 0.6) is 0 Å². The van der Waals surface area contributed by atoms with E-state index in [1.807, 2.05) is 13.0 Å². The number of aryl methyl sites for hydroxylation is 1. The zero-order valence-electron chi connectivity index (χ0n) is 12.4. The molecular formula is C16H14Cl2N2O2S. The summed E-state index contributed by atoms with van der Waals surface area (Å²) in [7, 11) is 1.34. The number of rotatable bonds is 3. The van der Waals surface area contributed by atoms with Crippen molar-refractivity contribution in [3.8, 4) is 0 Å². The Balaban J connectivity index is 2.15. The largest absolute Gasteiger partial charge is 0.465 e. The molecule has 0 radical (unpaired) electrons. The average Bonchev–Trinajstić information content (AvgIpc) is 2.51. The van der Waals surface area contributed by atoms with Crippen LogP contribution in [-0.4, -0.2) is 18.2 Å². The van der Waals surface area contributed by atoms with Gasteiger partial charge in [-0.2, -0.15) is 0 Å². The molecule has 2 N–H and O–H groups in total. The highest BCUT2D eigenvalue weighted by atomic mass is 35.5. The molecule has 0 bridgehead atoms. The monoisotopic (exact) mass is 368 g/mol. The summed E-state index contributed by atoms with van der Waals surface area (Å²) < 4.78 is 4.71. The van der Waals surface area contributed by atoms with Crippen LogP contribution in [0.15, 0.2) is 36.4 Å². The van der Waals surface area contributed by atoms with Gasteiger partial charge in [-0.3, -0.25) is 0 Å². The highest BCUT2D eigenvalue weighted by Crippen LogP contribution is 2.26. The Hall–Kier alpha value is -1.82. The van der Waals surface area contributed by atoms with Crippen molar-refractivity contribution >= 4 is 57.9 Å². The van der Waals surface area contributed by atoms with E-state index in [0.717, 1.165) is 5.56 Å². The molecule has 4 nitrogen and oxygen atoms in total. The number of carbonyl (C=O) groups excluding carboxylic acids is 1. The van der Waals surface area contributed by atoms with Crippen LogP contribution >= 0.6 is 35.4 Å². The van der Waals surface area contributed by atoms with E-state index in [1.54, 1.807) is 30.3 Å². The van der Waals surface area contributed by atoms with Gasteiger partial charge < -0.3 is 15.4 Å². The summed E-state index contributed by atoms with van der Waals surface area (Å²) in [5.74, 6) is -0.410. The predicted octanol–water partition coefficient (Wildman–Crippen LogP) is 4.90. The maximum atomic E-state index is 11.6. The second-order valence-corrected chi connectivity index (χ2v) is 5.98. The lowest BCUT2D eigenvalue weighted by molar-refractivity contribution is 0.0601. The standard InChI is InChI=1S/C16H14Cl2N2O2S/c1-9-3-4-10(15(21)22-2)7-14(9)20-16(23)19-13-6-5-11(17)8-12(13)18/h3-8H,1-2H3,(H2,19,20,23). The van der Waals surface area contributed by atoms with E-state index in [0.29, 0.717) is 32.1 Å². The molecule has 0 heterocycles. The molecular weight excluding hydrogens is 355 g/mol. The second kappa shape index (κ2) is 7.64. The Morgan fingerprint density at radius 2 is 1.78 bits per heavy atom. The van der Waals surface area contributed by atoms with Gasteiger partial charge in [0.2, 0.25) is 0 Å². The fraction of sp³-hybridized carbons (Fsp3) is 0.125. The molecule has 0 saturated heterocycles. The number of nitrogens with one attached hydrogen (secondary N) is 2. The van der Waals surface area contributed by atoms with E-state index in [-0.39, 0.29) is 0 Å². The van der Waals surface area contributed by atoms with Crippen molar-refractivity contribution in [2.75, 3.05) is 17.7 Å². The molecule has 0 aromatic heterocycles. The van der Waals surface area contributed by atoms with Crippen LogP contribution in [-0.2, 0) is 4.74 Å². The van der Waals surface area contributed by atoms with Crippen molar-refractivity contribution in [3.05, 3.63) is 57.6 Å². The molecule has 0 saturated carbocycles. The van der Waals surface area contributed by atoms with Gasteiger partial charge in [-0.1, -0.05) is 29.3 Å². The zero-order chi connectivity index (χ0) is 17.0. The van der Waals surface area contributed by atoms with Crippen LogP contribution < -0.4 is 10.6 Å². The fourth-order valence-corrected chi connectivity index (χ4v) is 2.54. The third-order valence-electron chi connectivity index (χ3n) is 3.09. The lowest BCUT2D eigenvalue weighted by atomic mass is 10.1. The van der Waals surface area contributed by atoms with Gasteiger partial charge in [0, 0.05) is 10.7 Å². The van der Waals surface area contributed by atoms with E-state index < -0.39 is 5.97 Å². The second-order valence-electron chi connectivity index (χ2n) is 4.72. The summed E-state index contributed by atoms with van der Waals surface area (Å²) in [6, 6.07) is 10.2. The Bertz CT molecular complexity index is 766. The van der Waals surface area contributed by atoms with Crippen LogP contribution in [0.1, 0.15) is 15.9 Å². The third kappa shape index (κ3) is 4.58. The van der Waals surface area contributed by atoms with Crippen molar-refractivity contribution in [1.29, 1.82) is 0 Å². The number of halogens is 2. The van der Waals surface area contributed by atoms with E-state index in [4.69, 9.17) is 40.2 Å². The van der Waals surface area contributed by atoms with Crippen molar-refractivity contribution in [3.63, 3.8) is 0 Å². The topological polar surface area (TPSA) is 50.4 Å². The van der Waals surface area contributed by atoms with Crippen LogP contribution in [0.4, 0.5) is 11.4 Å². The van der Waals surface area contributed by atoms with Crippen molar-refractivity contribution < 1.29 is 9.53 Å². The Kier molecular flexibility index (Phi) is 5.82. The van der Waals surface area contributed by atoms with Crippen LogP contribution in [0.3, 0.4) is 0 Å². The third-order valence-corrected chi connectivity index (χ3v) is 3.84. The average molecular weight is 369 g/mol. The minimum absolute atomic E-state index is 0.347. The van der Waals surface area contributed by atoms with E-state index in [1.165, 1.54) is 7.11 Å². The molecule has 0 amide bonds. The molecule has 23 heavy (non-hydrogen) atoms. The quantitative estimate of drug-likeness (QED) is 0.596. The summed E-state index contributed by atoms with van der Waals surface area (Å²) in [6.07, 6.45) is 0. The van der Waals surface area contributed by atoms with Gasteiger partial charge >= 0.3 is 5.97 Å². The Morgan fingerprint density at radius 1 is 1.09 bits per heavy atom. The van der Waals surface area contributed by atoms with E-state index >= 15 is 0 Å². The number of benzene rings is 2. The Morgan fingerprint density at radius 3 is 2.43 bits per heavy atom. The number of anilines is 2. The van der Waals surface area contributed by atoms with Crippen molar-refractivity contribution in [2.24, 2.45) is 0 Å². The molecule has 0 aliphatic heterocycles. The highest BCUT2D eigenvalue weighted by molar-refractivity contribution is 7.80. The number of hydrogen-bond acceptors (Lipinski definition) is 3. The van der Waals surface area contributed by atoms with Gasteiger partial charge in [0.15, 0.2) is 5.11 Å². The number of thiocarbonyl (C=S) groups is 1.